The van der Waals surface area contributed by atoms with Gasteiger partial charge in [0.2, 0.25) is 11.7 Å². The molecule has 8 nitrogen and oxygen atoms in total. The van der Waals surface area contributed by atoms with Crippen LogP contribution in [0.4, 0.5) is 5.69 Å². The zero-order chi connectivity index (χ0) is 20.9. The van der Waals surface area contributed by atoms with Crippen LogP contribution < -0.4 is 14.4 Å². The number of ether oxygens (including phenoxy) is 2. The number of nitrogens with zero attached hydrogens (tertiary/aromatic N) is 4. The summed E-state index contributed by atoms with van der Waals surface area (Å²) in [7, 11) is 1.61. The van der Waals surface area contributed by atoms with Gasteiger partial charge in [-0.25, -0.2) is 0 Å². The molecule has 0 spiro atoms. The van der Waals surface area contributed by atoms with Gasteiger partial charge in [0.05, 0.1) is 7.11 Å². The number of hydrogen-bond acceptors (Lipinski definition) is 7. The molecule has 2 heterocycles. The van der Waals surface area contributed by atoms with Crippen molar-refractivity contribution in [3.05, 3.63) is 54.4 Å². The molecular formula is C22H24N4O4. The van der Waals surface area contributed by atoms with Gasteiger partial charge in [0.25, 0.3) is 5.91 Å². The maximum atomic E-state index is 12.5. The Hall–Kier alpha value is -3.55. The van der Waals surface area contributed by atoms with E-state index in [4.69, 9.17) is 14.0 Å². The van der Waals surface area contributed by atoms with Gasteiger partial charge in [-0.15, -0.1) is 0 Å². The first-order valence-electron chi connectivity index (χ1n) is 9.83. The van der Waals surface area contributed by atoms with Crippen LogP contribution in [0, 0.1) is 6.92 Å². The summed E-state index contributed by atoms with van der Waals surface area (Å²) in [5, 5.41) is 3.94. The van der Waals surface area contributed by atoms with Gasteiger partial charge in [-0.05, 0) is 48.5 Å². The minimum Gasteiger partial charge on any atom is -0.497 e. The largest absolute Gasteiger partial charge is 0.497 e. The lowest BCUT2D eigenvalue weighted by atomic mass is 10.1. The van der Waals surface area contributed by atoms with Crippen LogP contribution in [-0.4, -0.2) is 60.8 Å². The number of carbonyl (C=O) groups excluding carboxylic acids is 1. The second-order valence-corrected chi connectivity index (χ2v) is 7.02. The van der Waals surface area contributed by atoms with Crippen LogP contribution >= 0.6 is 0 Å². The minimum absolute atomic E-state index is 0.00621. The van der Waals surface area contributed by atoms with Crippen molar-refractivity contribution in [1.82, 2.24) is 15.0 Å². The number of rotatable bonds is 6. The van der Waals surface area contributed by atoms with Gasteiger partial charge < -0.3 is 23.8 Å². The molecule has 1 aliphatic rings. The summed E-state index contributed by atoms with van der Waals surface area (Å²) in [5.74, 6) is 2.54. The minimum atomic E-state index is -0.00621. The van der Waals surface area contributed by atoms with Crippen molar-refractivity contribution in [2.24, 2.45) is 0 Å². The SMILES string of the molecule is COc1ccc(OCC(=O)N2CCN(c3ccc(-c4noc(C)n4)cc3)CC2)cc1. The molecule has 156 valence electrons. The number of aryl methyl sites for hydroxylation is 1. The van der Waals surface area contributed by atoms with E-state index in [0.29, 0.717) is 30.6 Å². The van der Waals surface area contributed by atoms with E-state index in [1.165, 1.54) is 0 Å². The van der Waals surface area contributed by atoms with Crippen molar-refractivity contribution < 1.29 is 18.8 Å². The Morgan fingerprint density at radius 2 is 1.67 bits per heavy atom. The van der Waals surface area contributed by atoms with Crippen molar-refractivity contribution in [3.8, 4) is 22.9 Å². The number of hydrogen-bond donors (Lipinski definition) is 0. The molecule has 2 aromatic carbocycles. The van der Waals surface area contributed by atoms with Gasteiger partial charge in [0.15, 0.2) is 6.61 Å². The Morgan fingerprint density at radius 3 is 2.27 bits per heavy atom. The lowest BCUT2D eigenvalue weighted by Gasteiger charge is -2.36. The van der Waals surface area contributed by atoms with Gasteiger partial charge in [0, 0.05) is 44.4 Å². The van der Waals surface area contributed by atoms with Crippen LogP contribution in [-0.2, 0) is 4.79 Å². The smallest absolute Gasteiger partial charge is 0.260 e. The van der Waals surface area contributed by atoms with E-state index < -0.39 is 0 Å². The fourth-order valence-corrected chi connectivity index (χ4v) is 3.36. The predicted molar refractivity (Wildman–Crippen MR) is 112 cm³/mol. The first-order chi connectivity index (χ1) is 14.6. The summed E-state index contributed by atoms with van der Waals surface area (Å²) in [6.45, 7) is 4.68. The molecular weight excluding hydrogens is 384 g/mol. The molecule has 1 aromatic heterocycles. The number of methoxy groups -OCH3 is 1. The Balaban J connectivity index is 1.27. The van der Waals surface area contributed by atoms with Crippen LogP contribution in [0.2, 0.25) is 0 Å². The van der Waals surface area contributed by atoms with E-state index in [1.807, 2.05) is 41.3 Å². The van der Waals surface area contributed by atoms with Crippen molar-refractivity contribution >= 4 is 11.6 Å². The highest BCUT2D eigenvalue weighted by Gasteiger charge is 2.21. The normalized spacial score (nSPS) is 13.9. The van der Waals surface area contributed by atoms with Gasteiger partial charge in [-0.1, -0.05) is 5.16 Å². The second-order valence-electron chi connectivity index (χ2n) is 7.02. The standard InChI is InChI=1S/C22H24N4O4/c1-16-23-22(24-30-16)17-3-5-18(6-4-17)25-11-13-26(14-12-25)21(27)15-29-20-9-7-19(28-2)8-10-20/h3-10H,11-15H2,1-2H3. The average molecular weight is 408 g/mol. The van der Waals surface area contributed by atoms with Crippen molar-refractivity contribution in [2.75, 3.05) is 44.8 Å². The van der Waals surface area contributed by atoms with E-state index in [9.17, 15) is 4.79 Å². The number of benzene rings is 2. The molecule has 3 aromatic rings. The number of piperazine rings is 1. The van der Waals surface area contributed by atoms with Gasteiger partial charge >= 0.3 is 0 Å². The maximum Gasteiger partial charge on any atom is 0.260 e. The molecule has 30 heavy (non-hydrogen) atoms. The first kappa shape index (κ1) is 19.8. The number of aromatic nitrogens is 2. The molecule has 8 heteroatoms. The molecule has 0 aliphatic carbocycles. The topological polar surface area (TPSA) is 80.9 Å². The fraction of sp³-hybridized carbons (Fsp3) is 0.318. The summed E-state index contributed by atoms with van der Waals surface area (Å²) in [5.41, 5.74) is 2.03. The third-order valence-electron chi connectivity index (χ3n) is 5.07. The Labute approximate surface area is 175 Å². The Kier molecular flexibility index (Phi) is 5.83. The molecule has 1 saturated heterocycles. The van der Waals surface area contributed by atoms with Gasteiger partial charge in [-0.2, -0.15) is 4.98 Å². The molecule has 0 bridgehead atoms. The molecule has 4 rings (SSSR count). The predicted octanol–water partition coefficient (Wildman–Crippen LogP) is 2.78. The van der Waals surface area contributed by atoms with Gasteiger partial charge in [-0.3, -0.25) is 4.79 Å². The lowest BCUT2D eigenvalue weighted by molar-refractivity contribution is -0.133. The van der Waals surface area contributed by atoms with E-state index >= 15 is 0 Å². The summed E-state index contributed by atoms with van der Waals surface area (Å²) in [6.07, 6.45) is 0. The zero-order valence-corrected chi connectivity index (χ0v) is 17.1. The molecule has 0 N–H and O–H groups in total. The Morgan fingerprint density at radius 1 is 1.00 bits per heavy atom. The summed E-state index contributed by atoms with van der Waals surface area (Å²) in [6, 6.07) is 15.3. The summed E-state index contributed by atoms with van der Waals surface area (Å²) < 4.78 is 15.8. The summed E-state index contributed by atoms with van der Waals surface area (Å²) >= 11 is 0. The van der Waals surface area contributed by atoms with E-state index in [1.54, 1.807) is 26.2 Å². The number of amides is 1. The highest BCUT2D eigenvalue weighted by Crippen LogP contribution is 2.22. The first-order valence-corrected chi connectivity index (χ1v) is 9.83. The van der Waals surface area contributed by atoms with Crippen LogP contribution in [0.5, 0.6) is 11.5 Å². The number of carbonyl (C=O) groups is 1. The molecule has 0 atom stereocenters. The number of anilines is 1. The highest BCUT2D eigenvalue weighted by atomic mass is 16.5. The quantitative estimate of drug-likeness (QED) is 0.620. The molecule has 1 amide bonds. The van der Waals surface area contributed by atoms with Gasteiger partial charge in [0.1, 0.15) is 11.5 Å². The third kappa shape index (κ3) is 4.53. The molecule has 0 saturated carbocycles. The van der Waals surface area contributed by atoms with Crippen LogP contribution in [0.1, 0.15) is 5.89 Å². The second kappa shape index (κ2) is 8.86. The van der Waals surface area contributed by atoms with Crippen LogP contribution in [0.15, 0.2) is 53.1 Å². The van der Waals surface area contributed by atoms with E-state index in [-0.39, 0.29) is 12.5 Å². The van der Waals surface area contributed by atoms with Crippen molar-refractivity contribution in [1.29, 1.82) is 0 Å². The fourth-order valence-electron chi connectivity index (χ4n) is 3.36. The highest BCUT2D eigenvalue weighted by molar-refractivity contribution is 5.78. The molecule has 0 unspecified atom stereocenters. The van der Waals surface area contributed by atoms with E-state index in [0.717, 1.165) is 30.1 Å². The maximum absolute atomic E-state index is 12.5. The molecule has 1 fully saturated rings. The lowest BCUT2D eigenvalue weighted by Crippen LogP contribution is -2.50. The third-order valence-corrected chi connectivity index (χ3v) is 5.07. The van der Waals surface area contributed by atoms with Crippen LogP contribution in [0.3, 0.4) is 0 Å². The van der Waals surface area contributed by atoms with E-state index in [2.05, 4.69) is 15.0 Å². The van der Waals surface area contributed by atoms with Crippen molar-refractivity contribution in [3.63, 3.8) is 0 Å². The average Bonchev–Trinajstić information content (AvgIpc) is 3.24. The molecule has 1 aliphatic heterocycles. The summed E-state index contributed by atoms with van der Waals surface area (Å²) in [4.78, 5) is 20.8. The Bertz CT molecular complexity index is 977. The van der Waals surface area contributed by atoms with Crippen LogP contribution in [0.25, 0.3) is 11.4 Å². The zero-order valence-electron chi connectivity index (χ0n) is 17.1. The molecule has 0 radical (unpaired) electrons. The monoisotopic (exact) mass is 408 g/mol. The van der Waals surface area contributed by atoms with Crippen molar-refractivity contribution in [2.45, 2.75) is 6.92 Å².